The number of nitrogens with zero attached hydrogens (tertiary/aromatic N) is 2. The van der Waals surface area contributed by atoms with Gasteiger partial charge in [-0.2, -0.15) is 0 Å². The third-order valence-electron chi connectivity index (χ3n) is 4.60. The number of pyridine rings is 1. The van der Waals surface area contributed by atoms with Crippen molar-refractivity contribution in [2.24, 2.45) is 0 Å². The standard InChI is InChI=1S/C19H34N4O3S/c1-15(2)27(24,25)22-11-7-5-6-10-20-18-8-9-19(21-12-18)23-13-16(3)26-17(4)14-23/h8-9,12,15-17,20,22H,5-7,10-11,13-14H2,1-4H3/t16-,17+. The van der Waals surface area contributed by atoms with Crippen molar-refractivity contribution in [3.63, 3.8) is 0 Å². The van der Waals surface area contributed by atoms with E-state index >= 15 is 0 Å². The number of sulfonamides is 1. The van der Waals surface area contributed by atoms with Crippen LogP contribution in [0.15, 0.2) is 18.3 Å². The van der Waals surface area contributed by atoms with Crippen molar-refractivity contribution >= 4 is 21.5 Å². The van der Waals surface area contributed by atoms with Crippen molar-refractivity contribution in [1.29, 1.82) is 0 Å². The van der Waals surface area contributed by atoms with Gasteiger partial charge in [-0.15, -0.1) is 0 Å². The van der Waals surface area contributed by atoms with Gasteiger partial charge in [-0.25, -0.2) is 18.1 Å². The molecule has 2 N–H and O–H groups in total. The Labute approximate surface area is 163 Å². The summed E-state index contributed by atoms with van der Waals surface area (Å²) in [5, 5.41) is 3.00. The first kappa shape index (κ1) is 21.9. The number of ether oxygens (including phenoxy) is 1. The molecule has 7 nitrogen and oxygen atoms in total. The number of hydrogen-bond donors (Lipinski definition) is 2. The summed E-state index contributed by atoms with van der Waals surface area (Å²) in [6.45, 7) is 10.6. The number of unbranched alkanes of at least 4 members (excludes halogenated alkanes) is 2. The molecule has 27 heavy (non-hydrogen) atoms. The van der Waals surface area contributed by atoms with Gasteiger partial charge in [-0.1, -0.05) is 6.42 Å². The van der Waals surface area contributed by atoms with Crippen LogP contribution in [0.3, 0.4) is 0 Å². The molecule has 0 saturated carbocycles. The molecule has 0 unspecified atom stereocenters. The van der Waals surface area contributed by atoms with Crippen LogP contribution in [0.1, 0.15) is 47.0 Å². The summed E-state index contributed by atoms with van der Waals surface area (Å²) in [5.74, 6) is 0.986. The highest BCUT2D eigenvalue weighted by molar-refractivity contribution is 7.90. The first-order chi connectivity index (χ1) is 12.8. The molecule has 1 aliphatic heterocycles. The summed E-state index contributed by atoms with van der Waals surface area (Å²) in [6, 6.07) is 4.11. The Hall–Kier alpha value is -1.38. The topological polar surface area (TPSA) is 83.6 Å². The highest BCUT2D eigenvalue weighted by atomic mass is 32.2. The minimum Gasteiger partial charge on any atom is -0.384 e. The zero-order valence-electron chi connectivity index (χ0n) is 16.9. The fourth-order valence-electron chi connectivity index (χ4n) is 3.08. The Balaban J connectivity index is 1.64. The maximum Gasteiger partial charge on any atom is 0.213 e. The molecule has 2 heterocycles. The van der Waals surface area contributed by atoms with E-state index in [1.54, 1.807) is 13.8 Å². The highest BCUT2D eigenvalue weighted by Crippen LogP contribution is 2.19. The van der Waals surface area contributed by atoms with Crippen molar-refractivity contribution < 1.29 is 13.2 Å². The molecule has 2 rings (SSSR count). The lowest BCUT2D eigenvalue weighted by Crippen LogP contribution is -2.45. The second kappa shape index (κ2) is 10.2. The quantitative estimate of drug-likeness (QED) is 0.590. The lowest BCUT2D eigenvalue weighted by Gasteiger charge is -2.36. The van der Waals surface area contributed by atoms with Gasteiger partial charge < -0.3 is 15.0 Å². The van der Waals surface area contributed by atoms with Crippen molar-refractivity contribution in [1.82, 2.24) is 9.71 Å². The molecule has 0 spiro atoms. The molecular weight excluding hydrogens is 364 g/mol. The zero-order chi connectivity index (χ0) is 19.9. The molecule has 1 aromatic rings. The van der Waals surface area contributed by atoms with Gasteiger partial charge in [0.25, 0.3) is 0 Å². The number of hydrogen-bond acceptors (Lipinski definition) is 6. The van der Waals surface area contributed by atoms with E-state index in [2.05, 4.69) is 39.8 Å². The van der Waals surface area contributed by atoms with E-state index in [9.17, 15) is 8.42 Å². The second-order valence-electron chi connectivity index (χ2n) is 7.54. The Kier molecular flexibility index (Phi) is 8.31. The number of rotatable bonds is 10. The van der Waals surface area contributed by atoms with Crippen LogP contribution in [0.4, 0.5) is 11.5 Å². The highest BCUT2D eigenvalue weighted by Gasteiger charge is 2.22. The van der Waals surface area contributed by atoms with Crippen LogP contribution in [0, 0.1) is 0 Å². The third kappa shape index (κ3) is 7.27. The van der Waals surface area contributed by atoms with Crippen LogP contribution in [0.2, 0.25) is 0 Å². The molecule has 1 saturated heterocycles. The van der Waals surface area contributed by atoms with Gasteiger partial charge in [0.1, 0.15) is 5.82 Å². The average Bonchev–Trinajstić information content (AvgIpc) is 2.60. The Bertz CT molecular complexity index is 654. The number of anilines is 2. The van der Waals surface area contributed by atoms with Gasteiger partial charge in [0.2, 0.25) is 10.0 Å². The van der Waals surface area contributed by atoms with Gasteiger partial charge in [0.15, 0.2) is 0 Å². The minimum absolute atomic E-state index is 0.221. The van der Waals surface area contributed by atoms with Crippen LogP contribution in [-0.4, -0.2) is 57.0 Å². The van der Waals surface area contributed by atoms with E-state index in [1.807, 2.05) is 12.3 Å². The summed E-state index contributed by atoms with van der Waals surface area (Å²) in [5.41, 5.74) is 1.01. The first-order valence-electron chi connectivity index (χ1n) is 9.86. The second-order valence-corrected chi connectivity index (χ2v) is 9.86. The first-order valence-corrected chi connectivity index (χ1v) is 11.4. The number of morpholine rings is 1. The van der Waals surface area contributed by atoms with Crippen LogP contribution >= 0.6 is 0 Å². The lowest BCUT2D eigenvalue weighted by atomic mass is 10.2. The molecule has 154 valence electrons. The van der Waals surface area contributed by atoms with Gasteiger partial charge in [-0.3, -0.25) is 0 Å². The lowest BCUT2D eigenvalue weighted by molar-refractivity contribution is -0.00545. The molecule has 8 heteroatoms. The van der Waals surface area contributed by atoms with E-state index in [0.717, 1.165) is 50.4 Å². The maximum atomic E-state index is 11.6. The van der Waals surface area contributed by atoms with Gasteiger partial charge >= 0.3 is 0 Å². The Morgan fingerprint density at radius 2 is 1.81 bits per heavy atom. The third-order valence-corrected chi connectivity index (χ3v) is 6.45. The normalized spacial score (nSPS) is 20.9. The van der Waals surface area contributed by atoms with Crippen LogP contribution in [0.25, 0.3) is 0 Å². The van der Waals surface area contributed by atoms with E-state index in [-0.39, 0.29) is 17.5 Å². The molecule has 2 atom stereocenters. The average molecular weight is 399 g/mol. The summed E-state index contributed by atoms with van der Waals surface area (Å²) in [4.78, 5) is 6.84. The minimum atomic E-state index is -3.14. The predicted molar refractivity (Wildman–Crippen MR) is 111 cm³/mol. The SMILES string of the molecule is CC(C)S(=O)(=O)NCCCCCNc1ccc(N2C[C@@H](C)O[C@@H](C)C2)nc1. The molecular formula is C19H34N4O3S. The van der Waals surface area contributed by atoms with Crippen LogP contribution in [-0.2, 0) is 14.8 Å². The number of aromatic nitrogens is 1. The van der Waals surface area contributed by atoms with Crippen molar-refractivity contribution in [2.45, 2.75) is 64.4 Å². The largest absolute Gasteiger partial charge is 0.384 e. The summed E-state index contributed by atoms with van der Waals surface area (Å²) in [6.07, 6.45) is 5.12. The fourth-order valence-corrected chi connectivity index (χ4v) is 3.85. The molecule has 1 aromatic heterocycles. The summed E-state index contributed by atoms with van der Waals surface area (Å²) >= 11 is 0. The van der Waals surface area contributed by atoms with Crippen molar-refractivity contribution in [3.8, 4) is 0 Å². The van der Waals surface area contributed by atoms with E-state index in [0.29, 0.717) is 6.54 Å². The van der Waals surface area contributed by atoms with Crippen molar-refractivity contribution in [3.05, 3.63) is 18.3 Å². The molecule has 0 aliphatic carbocycles. The fraction of sp³-hybridized carbons (Fsp3) is 0.737. The van der Waals surface area contributed by atoms with Crippen LogP contribution < -0.4 is 14.9 Å². The molecule has 0 amide bonds. The molecule has 0 aromatic carbocycles. The van der Waals surface area contributed by atoms with E-state index < -0.39 is 10.0 Å². The number of nitrogens with one attached hydrogen (secondary N) is 2. The van der Waals surface area contributed by atoms with Crippen LogP contribution in [0.5, 0.6) is 0 Å². The van der Waals surface area contributed by atoms with Gasteiger partial charge in [-0.05, 0) is 52.7 Å². The molecule has 0 radical (unpaired) electrons. The smallest absolute Gasteiger partial charge is 0.213 e. The van der Waals surface area contributed by atoms with Crippen molar-refractivity contribution in [2.75, 3.05) is 36.4 Å². The van der Waals surface area contributed by atoms with Gasteiger partial charge in [0.05, 0.1) is 29.3 Å². The maximum absolute atomic E-state index is 11.6. The predicted octanol–water partition coefficient (Wildman–Crippen LogP) is 2.61. The summed E-state index contributed by atoms with van der Waals surface area (Å²) in [7, 11) is -3.14. The zero-order valence-corrected chi connectivity index (χ0v) is 17.8. The van der Waals surface area contributed by atoms with E-state index in [1.165, 1.54) is 0 Å². The van der Waals surface area contributed by atoms with Gasteiger partial charge in [0, 0.05) is 26.2 Å². The molecule has 1 fully saturated rings. The monoisotopic (exact) mass is 398 g/mol. The molecule has 1 aliphatic rings. The Morgan fingerprint density at radius 1 is 1.15 bits per heavy atom. The van der Waals surface area contributed by atoms with E-state index in [4.69, 9.17) is 4.74 Å². The molecule has 0 bridgehead atoms. The summed E-state index contributed by atoms with van der Waals surface area (Å²) < 4.78 is 31.7. The Morgan fingerprint density at radius 3 is 2.41 bits per heavy atom.